The Morgan fingerprint density at radius 3 is 2.18 bits per heavy atom. The normalized spacial score (nSPS) is 15.9. The molecular formula is C25H31ClN2O5. The van der Waals surface area contributed by atoms with Crippen LogP contribution in [-0.4, -0.2) is 39.6 Å². The Balaban J connectivity index is 0.00000187. The third-order valence-electron chi connectivity index (χ3n) is 4.92. The standard InChI is InChI=1S/C23H25ClN2O5.C2H6/c1-23(2,3)31-22(30)26-13-16-7-5-4-6-15(16)12-18(26)20(27)25-19(21(28)29)14-8-10-17(24)11-9-14;1-2/h4-11,18-19H,12-13H2,1-3H3,(H,25,27)(H,28,29);1-2H3. The zero-order valence-corrected chi connectivity index (χ0v) is 20.3. The molecule has 0 radical (unpaired) electrons. The van der Waals surface area contributed by atoms with Gasteiger partial charge in [0.2, 0.25) is 5.91 Å². The van der Waals surface area contributed by atoms with Gasteiger partial charge < -0.3 is 15.2 Å². The number of carboxylic acids is 1. The lowest BCUT2D eigenvalue weighted by atomic mass is 9.93. The first-order chi connectivity index (χ1) is 15.5. The Hall–Kier alpha value is -3.06. The Bertz CT molecular complexity index is 985. The first-order valence-corrected chi connectivity index (χ1v) is 11.3. The number of carbonyl (C=O) groups is 3. The van der Waals surface area contributed by atoms with Crippen molar-refractivity contribution < 1.29 is 24.2 Å². The molecule has 0 spiro atoms. The summed E-state index contributed by atoms with van der Waals surface area (Å²) in [5.41, 5.74) is 1.50. The van der Waals surface area contributed by atoms with Crippen LogP contribution in [0.15, 0.2) is 48.5 Å². The van der Waals surface area contributed by atoms with Crippen LogP contribution in [0, 0.1) is 0 Å². The lowest BCUT2D eigenvalue weighted by Crippen LogP contribution is -2.54. The van der Waals surface area contributed by atoms with Crippen LogP contribution in [0.25, 0.3) is 0 Å². The number of hydrogen-bond acceptors (Lipinski definition) is 4. The monoisotopic (exact) mass is 474 g/mol. The van der Waals surface area contributed by atoms with E-state index in [0.29, 0.717) is 10.6 Å². The van der Waals surface area contributed by atoms with Gasteiger partial charge in [-0.2, -0.15) is 0 Å². The molecule has 3 rings (SSSR count). The first kappa shape index (κ1) is 26.2. The van der Waals surface area contributed by atoms with E-state index >= 15 is 0 Å². The van der Waals surface area contributed by atoms with Crippen LogP contribution in [0.2, 0.25) is 5.02 Å². The van der Waals surface area contributed by atoms with E-state index in [1.165, 1.54) is 4.90 Å². The molecule has 0 aromatic heterocycles. The van der Waals surface area contributed by atoms with Crippen molar-refractivity contribution in [3.05, 3.63) is 70.2 Å². The Kier molecular flexibility index (Phi) is 8.88. The average Bonchev–Trinajstić information content (AvgIpc) is 2.77. The molecule has 2 aromatic carbocycles. The minimum Gasteiger partial charge on any atom is -0.479 e. The highest BCUT2D eigenvalue weighted by atomic mass is 35.5. The molecule has 0 fully saturated rings. The molecule has 2 unspecified atom stereocenters. The van der Waals surface area contributed by atoms with Crippen molar-refractivity contribution in [1.82, 2.24) is 10.2 Å². The number of ether oxygens (including phenoxy) is 1. The topological polar surface area (TPSA) is 95.9 Å². The van der Waals surface area contributed by atoms with Crippen LogP contribution >= 0.6 is 11.6 Å². The summed E-state index contributed by atoms with van der Waals surface area (Å²) in [5, 5.41) is 12.7. The number of carboxylic acid groups (broad SMARTS) is 1. The zero-order chi connectivity index (χ0) is 24.8. The van der Waals surface area contributed by atoms with Gasteiger partial charge >= 0.3 is 12.1 Å². The maximum Gasteiger partial charge on any atom is 0.411 e. The Morgan fingerprint density at radius 1 is 1.06 bits per heavy atom. The van der Waals surface area contributed by atoms with Gasteiger partial charge in [-0.25, -0.2) is 9.59 Å². The second-order valence-electron chi connectivity index (χ2n) is 8.43. The summed E-state index contributed by atoms with van der Waals surface area (Å²) in [5.74, 6) is -1.78. The summed E-state index contributed by atoms with van der Waals surface area (Å²) in [6.45, 7) is 9.44. The molecule has 178 valence electrons. The maximum absolute atomic E-state index is 13.2. The second kappa shape index (κ2) is 11.2. The van der Waals surface area contributed by atoms with Gasteiger partial charge in [-0.1, -0.05) is 61.8 Å². The fraction of sp³-hybridized carbons (Fsp3) is 0.400. The smallest absolute Gasteiger partial charge is 0.411 e. The molecule has 2 N–H and O–H groups in total. The Labute approximate surface area is 199 Å². The fourth-order valence-electron chi connectivity index (χ4n) is 3.45. The van der Waals surface area contributed by atoms with E-state index in [9.17, 15) is 19.5 Å². The third kappa shape index (κ3) is 6.96. The molecule has 1 aliphatic rings. The Morgan fingerprint density at radius 2 is 1.64 bits per heavy atom. The van der Waals surface area contributed by atoms with Crippen LogP contribution in [0.5, 0.6) is 0 Å². The molecule has 0 saturated carbocycles. The van der Waals surface area contributed by atoms with Crippen molar-refractivity contribution in [2.45, 2.75) is 65.3 Å². The van der Waals surface area contributed by atoms with Crippen molar-refractivity contribution in [1.29, 1.82) is 0 Å². The maximum atomic E-state index is 13.2. The highest BCUT2D eigenvalue weighted by Gasteiger charge is 2.38. The molecule has 1 aliphatic heterocycles. The van der Waals surface area contributed by atoms with Gasteiger partial charge in [0.1, 0.15) is 11.6 Å². The van der Waals surface area contributed by atoms with E-state index in [0.717, 1.165) is 11.1 Å². The van der Waals surface area contributed by atoms with E-state index in [1.807, 2.05) is 38.1 Å². The van der Waals surface area contributed by atoms with Crippen molar-refractivity contribution in [3.63, 3.8) is 0 Å². The van der Waals surface area contributed by atoms with Crippen molar-refractivity contribution >= 4 is 29.6 Å². The largest absolute Gasteiger partial charge is 0.479 e. The number of nitrogens with zero attached hydrogens (tertiary/aromatic N) is 1. The van der Waals surface area contributed by atoms with E-state index in [-0.39, 0.29) is 13.0 Å². The van der Waals surface area contributed by atoms with Gasteiger partial charge in [-0.3, -0.25) is 9.69 Å². The number of nitrogens with one attached hydrogen (secondary N) is 1. The minimum atomic E-state index is -1.28. The summed E-state index contributed by atoms with van der Waals surface area (Å²) >= 11 is 5.89. The molecule has 0 bridgehead atoms. The molecule has 1 heterocycles. The highest BCUT2D eigenvalue weighted by molar-refractivity contribution is 6.30. The second-order valence-corrected chi connectivity index (χ2v) is 8.86. The van der Waals surface area contributed by atoms with E-state index in [2.05, 4.69) is 5.32 Å². The quantitative estimate of drug-likeness (QED) is 0.652. The van der Waals surface area contributed by atoms with Crippen LogP contribution in [0.3, 0.4) is 0 Å². The summed E-state index contributed by atoms with van der Waals surface area (Å²) < 4.78 is 5.50. The van der Waals surface area contributed by atoms with E-state index in [4.69, 9.17) is 16.3 Å². The summed E-state index contributed by atoms with van der Waals surface area (Å²) in [4.78, 5) is 39.3. The fourth-order valence-corrected chi connectivity index (χ4v) is 3.58. The first-order valence-electron chi connectivity index (χ1n) is 10.9. The number of hydrogen-bond donors (Lipinski definition) is 2. The SMILES string of the molecule is CC.CC(C)(C)OC(=O)N1Cc2ccccc2CC1C(=O)NC(C(=O)O)c1ccc(Cl)cc1. The number of aliphatic carboxylic acids is 1. The number of halogens is 1. The molecular weight excluding hydrogens is 444 g/mol. The summed E-state index contributed by atoms with van der Waals surface area (Å²) in [6.07, 6.45) is -0.366. The lowest BCUT2D eigenvalue weighted by molar-refractivity contribution is -0.143. The van der Waals surface area contributed by atoms with Gasteiger partial charge in [0, 0.05) is 11.4 Å². The molecule has 2 atom stereocenters. The zero-order valence-electron chi connectivity index (χ0n) is 19.6. The predicted octanol–water partition coefficient (Wildman–Crippen LogP) is 4.97. The van der Waals surface area contributed by atoms with Gasteiger partial charge in [-0.15, -0.1) is 0 Å². The number of benzene rings is 2. The number of carbonyl (C=O) groups excluding carboxylic acids is 2. The molecule has 0 saturated heterocycles. The number of fused-ring (bicyclic) bond motifs is 1. The van der Waals surface area contributed by atoms with E-state index < -0.39 is 35.7 Å². The molecule has 0 aliphatic carbocycles. The molecule has 33 heavy (non-hydrogen) atoms. The van der Waals surface area contributed by atoms with Gasteiger partial charge in [0.15, 0.2) is 6.04 Å². The van der Waals surface area contributed by atoms with Crippen LogP contribution in [0.1, 0.15) is 57.4 Å². The van der Waals surface area contributed by atoms with Crippen molar-refractivity contribution in [2.24, 2.45) is 0 Å². The van der Waals surface area contributed by atoms with E-state index in [1.54, 1.807) is 45.0 Å². The summed E-state index contributed by atoms with van der Waals surface area (Å²) in [6, 6.07) is 11.6. The van der Waals surface area contributed by atoms with Crippen LogP contribution < -0.4 is 5.32 Å². The molecule has 7 nitrogen and oxygen atoms in total. The number of amides is 2. The molecule has 2 amide bonds. The van der Waals surface area contributed by atoms with Crippen LogP contribution in [-0.2, 0) is 27.3 Å². The number of rotatable bonds is 4. The molecule has 2 aromatic rings. The predicted molar refractivity (Wildman–Crippen MR) is 127 cm³/mol. The van der Waals surface area contributed by atoms with Gasteiger partial charge in [0.05, 0.1) is 6.54 Å². The van der Waals surface area contributed by atoms with Gasteiger partial charge in [0.25, 0.3) is 0 Å². The summed E-state index contributed by atoms with van der Waals surface area (Å²) in [7, 11) is 0. The highest BCUT2D eigenvalue weighted by Crippen LogP contribution is 2.26. The van der Waals surface area contributed by atoms with Crippen molar-refractivity contribution in [2.75, 3.05) is 0 Å². The van der Waals surface area contributed by atoms with Crippen molar-refractivity contribution in [3.8, 4) is 0 Å². The lowest BCUT2D eigenvalue weighted by Gasteiger charge is -2.37. The minimum absolute atomic E-state index is 0.196. The average molecular weight is 475 g/mol. The van der Waals surface area contributed by atoms with Crippen LogP contribution in [0.4, 0.5) is 4.79 Å². The third-order valence-corrected chi connectivity index (χ3v) is 5.17. The van der Waals surface area contributed by atoms with Gasteiger partial charge in [-0.05, 0) is 49.6 Å². The molecule has 8 heteroatoms.